The maximum absolute atomic E-state index is 13.3. The molecule has 27 heavy (non-hydrogen) atoms. The molecule has 1 aliphatic heterocycles. The molecule has 2 aromatic carbocycles. The van der Waals surface area contributed by atoms with Crippen molar-refractivity contribution in [2.45, 2.75) is 0 Å². The second kappa shape index (κ2) is 6.64. The van der Waals surface area contributed by atoms with Crippen LogP contribution in [0.2, 0.25) is 0 Å². The van der Waals surface area contributed by atoms with Crippen molar-refractivity contribution in [1.29, 1.82) is 0 Å². The van der Waals surface area contributed by atoms with E-state index in [1.165, 1.54) is 24.3 Å². The molecule has 1 saturated heterocycles. The molecule has 3 aromatic rings. The van der Waals surface area contributed by atoms with Gasteiger partial charge in [-0.25, -0.2) is 19.2 Å². The topological polar surface area (TPSA) is 95.4 Å². The van der Waals surface area contributed by atoms with Gasteiger partial charge in [0.15, 0.2) is 5.82 Å². The highest BCUT2D eigenvalue weighted by Gasteiger charge is 2.23. The minimum atomic E-state index is -1.06. The minimum absolute atomic E-state index is 0.105. The number of aromatic carboxylic acids is 1. The summed E-state index contributed by atoms with van der Waals surface area (Å²) in [5.41, 5.74) is 2.22. The van der Waals surface area contributed by atoms with Crippen molar-refractivity contribution >= 4 is 28.7 Å². The van der Waals surface area contributed by atoms with Crippen molar-refractivity contribution in [3.05, 3.63) is 53.8 Å². The van der Waals surface area contributed by atoms with Crippen molar-refractivity contribution in [2.24, 2.45) is 0 Å². The smallest absolute Gasteiger partial charge is 0.335 e. The highest BCUT2D eigenvalue weighted by molar-refractivity contribution is 5.94. The molecule has 0 spiro atoms. The first-order valence-corrected chi connectivity index (χ1v) is 8.34. The molecule has 0 aliphatic carbocycles. The molecule has 0 radical (unpaired) electrons. The van der Waals surface area contributed by atoms with Gasteiger partial charge in [0.2, 0.25) is 5.91 Å². The van der Waals surface area contributed by atoms with E-state index in [1.54, 1.807) is 23.1 Å². The molecular formula is C19H15FN4O3. The molecule has 2 heterocycles. The molecule has 0 atom stereocenters. The van der Waals surface area contributed by atoms with Crippen LogP contribution in [-0.2, 0) is 4.79 Å². The zero-order chi connectivity index (χ0) is 19.0. The lowest BCUT2D eigenvalue weighted by molar-refractivity contribution is -0.120. The number of halogens is 1. The molecule has 8 heteroatoms. The van der Waals surface area contributed by atoms with Crippen molar-refractivity contribution < 1.29 is 19.1 Å². The third-order valence-electron chi connectivity index (χ3n) is 4.35. The molecule has 136 valence electrons. The number of fused-ring (bicyclic) bond motifs is 1. The van der Waals surface area contributed by atoms with Crippen molar-refractivity contribution in [2.75, 3.05) is 24.5 Å². The zero-order valence-electron chi connectivity index (χ0n) is 14.1. The molecule has 1 aromatic heterocycles. The molecular weight excluding hydrogens is 351 g/mol. The van der Waals surface area contributed by atoms with E-state index in [4.69, 9.17) is 0 Å². The second-order valence-electron chi connectivity index (χ2n) is 6.18. The van der Waals surface area contributed by atoms with Gasteiger partial charge in [0.25, 0.3) is 0 Å². The number of carbonyl (C=O) groups excluding carboxylic acids is 1. The van der Waals surface area contributed by atoms with Gasteiger partial charge in [-0.2, -0.15) is 0 Å². The van der Waals surface area contributed by atoms with Gasteiger partial charge in [-0.15, -0.1) is 0 Å². The molecule has 0 saturated carbocycles. The molecule has 7 nitrogen and oxygen atoms in total. The van der Waals surface area contributed by atoms with E-state index >= 15 is 0 Å². The van der Waals surface area contributed by atoms with Gasteiger partial charge >= 0.3 is 5.97 Å². The van der Waals surface area contributed by atoms with Crippen LogP contribution in [0.3, 0.4) is 0 Å². The number of amides is 1. The van der Waals surface area contributed by atoms with Crippen molar-refractivity contribution in [1.82, 2.24) is 15.3 Å². The van der Waals surface area contributed by atoms with Crippen molar-refractivity contribution in [3.8, 4) is 11.3 Å². The lowest BCUT2D eigenvalue weighted by atomic mass is 10.1. The third kappa shape index (κ3) is 3.29. The van der Waals surface area contributed by atoms with Crippen LogP contribution in [0.5, 0.6) is 0 Å². The molecule has 1 aliphatic rings. The van der Waals surface area contributed by atoms with Gasteiger partial charge in [0.05, 0.1) is 23.1 Å². The number of hydrogen-bond donors (Lipinski definition) is 2. The number of nitrogens with one attached hydrogen (secondary N) is 1. The van der Waals surface area contributed by atoms with Gasteiger partial charge in [0.1, 0.15) is 11.5 Å². The predicted molar refractivity (Wildman–Crippen MR) is 97.1 cm³/mol. The van der Waals surface area contributed by atoms with E-state index in [-0.39, 0.29) is 23.8 Å². The maximum atomic E-state index is 13.3. The van der Waals surface area contributed by atoms with Crippen LogP contribution < -0.4 is 10.2 Å². The Morgan fingerprint density at radius 2 is 1.89 bits per heavy atom. The Morgan fingerprint density at radius 1 is 1.11 bits per heavy atom. The third-order valence-corrected chi connectivity index (χ3v) is 4.35. The normalized spacial score (nSPS) is 14.3. The number of benzene rings is 2. The van der Waals surface area contributed by atoms with E-state index in [9.17, 15) is 19.1 Å². The fourth-order valence-corrected chi connectivity index (χ4v) is 3.02. The minimum Gasteiger partial charge on any atom is -0.478 e. The van der Waals surface area contributed by atoms with E-state index < -0.39 is 5.97 Å². The average molecular weight is 366 g/mol. The monoisotopic (exact) mass is 366 g/mol. The Morgan fingerprint density at radius 3 is 2.59 bits per heavy atom. The SMILES string of the molecule is O=C1CN(c2nc3cc(C(=O)O)ccc3nc2-c2ccc(F)cc2)CCN1. The summed E-state index contributed by atoms with van der Waals surface area (Å²) in [5, 5.41) is 12.0. The molecule has 4 rings (SSSR count). The number of nitrogens with zero attached hydrogens (tertiary/aromatic N) is 3. The summed E-state index contributed by atoms with van der Waals surface area (Å²) in [6, 6.07) is 10.4. The lowest BCUT2D eigenvalue weighted by Gasteiger charge is -2.29. The zero-order valence-corrected chi connectivity index (χ0v) is 14.1. The molecule has 1 fully saturated rings. The summed E-state index contributed by atoms with van der Waals surface area (Å²) in [6.45, 7) is 1.13. The summed E-state index contributed by atoms with van der Waals surface area (Å²) in [5.74, 6) is -1.09. The quantitative estimate of drug-likeness (QED) is 0.737. The number of carboxylic acids is 1. The molecule has 0 unspecified atom stereocenters. The summed E-state index contributed by atoms with van der Waals surface area (Å²) in [6.07, 6.45) is 0. The summed E-state index contributed by atoms with van der Waals surface area (Å²) >= 11 is 0. The van der Waals surface area contributed by atoms with Crippen LogP contribution in [0.15, 0.2) is 42.5 Å². The van der Waals surface area contributed by atoms with E-state index in [0.29, 0.717) is 41.2 Å². The van der Waals surface area contributed by atoms with Crippen LogP contribution in [0.1, 0.15) is 10.4 Å². The van der Waals surface area contributed by atoms with Crippen molar-refractivity contribution in [3.63, 3.8) is 0 Å². The van der Waals surface area contributed by atoms with Gasteiger partial charge in [-0.1, -0.05) is 0 Å². The predicted octanol–water partition coefficient (Wildman–Crippen LogP) is 2.07. The lowest BCUT2D eigenvalue weighted by Crippen LogP contribution is -2.48. The fraction of sp³-hybridized carbons (Fsp3) is 0.158. The first-order valence-electron chi connectivity index (χ1n) is 8.34. The largest absolute Gasteiger partial charge is 0.478 e. The summed E-state index contributed by atoms with van der Waals surface area (Å²) in [7, 11) is 0. The number of hydrogen-bond acceptors (Lipinski definition) is 5. The highest BCUT2D eigenvalue weighted by Crippen LogP contribution is 2.30. The fourth-order valence-electron chi connectivity index (χ4n) is 3.02. The summed E-state index contributed by atoms with van der Waals surface area (Å²) in [4.78, 5) is 34.1. The molecule has 2 N–H and O–H groups in total. The number of piperazine rings is 1. The Balaban J connectivity index is 1.91. The van der Waals surface area contributed by atoms with Gasteiger partial charge in [-0.05, 0) is 42.5 Å². The number of aromatic nitrogens is 2. The van der Waals surface area contributed by atoms with Crippen LogP contribution in [0, 0.1) is 5.82 Å². The number of rotatable bonds is 3. The van der Waals surface area contributed by atoms with E-state index in [2.05, 4.69) is 15.3 Å². The van der Waals surface area contributed by atoms with Crippen LogP contribution in [0.25, 0.3) is 22.3 Å². The Kier molecular flexibility index (Phi) is 4.15. The Bertz CT molecular complexity index is 1050. The highest BCUT2D eigenvalue weighted by atomic mass is 19.1. The standard InChI is InChI=1S/C19H15FN4O3/c20-13-4-1-11(2-5-13)17-18(24-8-7-21-16(25)10-24)23-15-9-12(19(26)27)3-6-14(15)22-17/h1-6,9H,7-8,10H2,(H,21,25)(H,26,27). The first kappa shape index (κ1) is 16.9. The van der Waals surface area contributed by atoms with E-state index in [1.807, 2.05) is 0 Å². The first-order chi connectivity index (χ1) is 13.0. The van der Waals surface area contributed by atoms with Crippen LogP contribution in [0.4, 0.5) is 10.2 Å². The average Bonchev–Trinajstić information content (AvgIpc) is 2.67. The molecule has 1 amide bonds. The van der Waals surface area contributed by atoms with Gasteiger partial charge in [-0.3, -0.25) is 4.79 Å². The Labute approximate surface area is 153 Å². The van der Waals surface area contributed by atoms with Gasteiger partial charge < -0.3 is 15.3 Å². The van der Waals surface area contributed by atoms with Crippen LogP contribution >= 0.6 is 0 Å². The number of anilines is 1. The van der Waals surface area contributed by atoms with E-state index in [0.717, 1.165) is 0 Å². The maximum Gasteiger partial charge on any atom is 0.335 e. The Hall–Kier alpha value is -3.55. The molecule has 0 bridgehead atoms. The summed E-state index contributed by atoms with van der Waals surface area (Å²) < 4.78 is 13.3. The van der Waals surface area contributed by atoms with Gasteiger partial charge in [0, 0.05) is 18.7 Å². The number of carbonyl (C=O) groups is 2. The number of carboxylic acid groups (broad SMARTS) is 1. The second-order valence-corrected chi connectivity index (χ2v) is 6.18. The van der Waals surface area contributed by atoms with Crippen LogP contribution in [-0.4, -0.2) is 46.6 Å².